The fourth-order valence-electron chi connectivity index (χ4n) is 7.56. The van der Waals surface area contributed by atoms with Crippen molar-refractivity contribution < 1.29 is 10.4 Å². The first-order valence-electron chi connectivity index (χ1n) is 15.4. The fraction of sp³-hybridized carbons (Fsp3) is 0.432. The molecule has 0 saturated heterocycles. The highest BCUT2D eigenvalue weighted by atomic mass is 16.3. The number of hydrogen-bond donors (Lipinski definition) is 0. The van der Waals surface area contributed by atoms with Crippen LogP contribution >= 0.6 is 0 Å². The highest BCUT2D eigenvalue weighted by Gasteiger charge is 2.38. The van der Waals surface area contributed by atoms with Gasteiger partial charge in [-0.05, 0) is 94.5 Å². The van der Waals surface area contributed by atoms with Crippen LogP contribution in [0.1, 0.15) is 102 Å². The van der Waals surface area contributed by atoms with Crippen LogP contribution in [0.3, 0.4) is 0 Å². The molecule has 1 fully saturated rings. The molecule has 1 saturated carbocycles. The van der Waals surface area contributed by atoms with Gasteiger partial charge in [0.05, 0.1) is 5.56 Å². The molecule has 0 radical (unpaired) electrons. The number of aromatic nitrogens is 1. The standard InChI is InChI=1S/C37H42NO/c1-23-12-14-27-29-20-26-13-15-30-34(37(4,5)18-17-36(30,2)3)28(26)22-32(29)39-35(27)33(23)31-21-25(16-19-38(31)6)24-10-8-7-9-11-24/h12-16,19-22,24H,7-11,17-18H2,1-6H3/q+1/i24D. The van der Waals surface area contributed by atoms with E-state index in [0.717, 1.165) is 53.7 Å². The van der Waals surface area contributed by atoms with Gasteiger partial charge in [0.25, 0.3) is 0 Å². The Bertz CT molecular complexity index is 1820. The summed E-state index contributed by atoms with van der Waals surface area (Å²) in [7, 11) is 2.11. The maximum atomic E-state index is 9.28. The summed E-state index contributed by atoms with van der Waals surface area (Å²) in [5, 5.41) is 4.97. The van der Waals surface area contributed by atoms with Crippen molar-refractivity contribution in [1.29, 1.82) is 0 Å². The second-order valence-corrected chi connectivity index (χ2v) is 13.6. The summed E-state index contributed by atoms with van der Waals surface area (Å²) >= 11 is 0. The van der Waals surface area contributed by atoms with Gasteiger partial charge in [-0.15, -0.1) is 0 Å². The lowest BCUT2D eigenvalue weighted by molar-refractivity contribution is -0.660. The Hall–Kier alpha value is -3.13. The Labute approximate surface area is 234 Å². The van der Waals surface area contributed by atoms with Gasteiger partial charge in [0.1, 0.15) is 18.2 Å². The average Bonchev–Trinajstić information content (AvgIpc) is 3.27. The van der Waals surface area contributed by atoms with Gasteiger partial charge < -0.3 is 4.42 Å². The summed E-state index contributed by atoms with van der Waals surface area (Å²) in [4.78, 5) is 0. The van der Waals surface area contributed by atoms with Crippen LogP contribution in [0.15, 0.2) is 59.1 Å². The zero-order valence-electron chi connectivity index (χ0n) is 25.5. The van der Waals surface area contributed by atoms with E-state index in [9.17, 15) is 1.37 Å². The fourth-order valence-corrected chi connectivity index (χ4v) is 7.56. The van der Waals surface area contributed by atoms with Crippen LogP contribution in [0, 0.1) is 6.92 Å². The predicted molar refractivity (Wildman–Crippen MR) is 164 cm³/mol. The summed E-state index contributed by atoms with van der Waals surface area (Å²) in [6, 6.07) is 18.3. The summed E-state index contributed by atoms with van der Waals surface area (Å²) in [5.74, 6) is -0.492. The van der Waals surface area contributed by atoms with Crippen LogP contribution in [-0.4, -0.2) is 0 Å². The Kier molecular flexibility index (Phi) is 5.28. The Morgan fingerprint density at radius 1 is 0.846 bits per heavy atom. The molecule has 3 aromatic carbocycles. The van der Waals surface area contributed by atoms with Gasteiger partial charge in [0.15, 0.2) is 6.20 Å². The molecule has 2 aliphatic rings. The van der Waals surface area contributed by atoms with E-state index in [1.54, 1.807) is 0 Å². The summed E-state index contributed by atoms with van der Waals surface area (Å²) in [5.41, 5.74) is 9.81. The van der Waals surface area contributed by atoms with E-state index in [1.165, 1.54) is 57.5 Å². The molecule has 39 heavy (non-hydrogen) atoms. The SMILES string of the molecule is [2H]C1(c2cc[n+](C)c(-c3c(C)ccc4c3oc3cc5c6c(ccc5cc34)C(C)(C)CCC6(C)C)c2)CCCCC1. The van der Waals surface area contributed by atoms with E-state index < -0.39 is 5.89 Å². The minimum atomic E-state index is -0.492. The maximum absolute atomic E-state index is 9.28. The van der Waals surface area contributed by atoms with E-state index in [-0.39, 0.29) is 10.8 Å². The Morgan fingerprint density at radius 3 is 2.41 bits per heavy atom. The molecule has 0 bridgehead atoms. The molecule has 2 aliphatic carbocycles. The first-order valence-corrected chi connectivity index (χ1v) is 14.9. The zero-order valence-corrected chi connectivity index (χ0v) is 24.5. The van der Waals surface area contributed by atoms with Gasteiger partial charge in [-0.3, -0.25) is 0 Å². The topological polar surface area (TPSA) is 17.0 Å². The number of nitrogens with zero attached hydrogens (tertiary/aromatic N) is 1. The van der Waals surface area contributed by atoms with Crippen LogP contribution in [-0.2, 0) is 17.9 Å². The summed E-state index contributed by atoms with van der Waals surface area (Å²) in [6.07, 6.45) is 9.96. The normalized spacial score (nSPS) is 20.3. The van der Waals surface area contributed by atoms with E-state index in [0.29, 0.717) is 0 Å². The van der Waals surface area contributed by atoms with Crippen LogP contribution < -0.4 is 4.57 Å². The van der Waals surface area contributed by atoms with Gasteiger partial charge in [0, 0.05) is 24.3 Å². The van der Waals surface area contributed by atoms with Crippen molar-refractivity contribution in [1.82, 2.24) is 0 Å². The van der Waals surface area contributed by atoms with Gasteiger partial charge in [-0.25, -0.2) is 4.57 Å². The lowest BCUT2D eigenvalue weighted by Crippen LogP contribution is -2.34. The third-order valence-electron chi connectivity index (χ3n) is 10.0. The smallest absolute Gasteiger partial charge is 0.216 e. The van der Waals surface area contributed by atoms with Gasteiger partial charge in [-0.1, -0.05) is 71.2 Å². The van der Waals surface area contributed by atoms with Crippen molar-refractivity contribution in [2.24, 2.45) is 7.05 Å². The third-order valence-corrected chi connectivity index (χ3v) is 10.0. The second-order valence-electron chi connectivity index (χ2n) is 13.6. The van der Waals surface area contributed by atoms with Crippen LogP contribution in [0.25, 0.3) is 44.0 Å². The van der Waals surface area contributed by atoms with E-state index in [1.807, 2.05) is 0 Å². The molecule has 0 N–H and O–H groups in total. The minimum Gasteiger partial charge on any atom is -0.455 e. The molecule has 0 aliphatic heterocycles. The van der Waals surface area contributed by atoms with E-state index >= 15 is 0 Å². The van der Waals surface area contributed by atoms with Crippen molar-refractivity contribution in [2.75, 3.05) is 0 Å². The van der Waals surface area contributed by atoms with Crippen molar-refractivity contribution >= 4 is 32.7 Å². The number of hydrogen-bond acceptors (Lipinski definition) is 1. The first kappa shape index (κ1) is 23.7. The first-order chi connectivity index (χ1) is 19.0. The van der Waals surface area contributed by atoms with Gasteiger partial charge in [0.2, 0.25) is 5.69 Å². The number of aryl methyl sites for hydroxylation is 2. The second kappa shape index (κ2) is 8.68. The molecule has 0 atom stereocenters. The molecule has 2 aromatic heterocycles. The zero-order chi connectivity index (χ0) is 28.0. The van der Waals surface area contributed by atoms with Crippen LogP contribution in [0.4, 0.5) is 0 Å². The van der Waals surface area contributed by atoms with Crippen molar-refractivity contribution in [3.05, 3.63) is 77.0 Å². The average molecular weight is 518 g/mol. The van der Waals surface area contributed by atoms with E-state index in [2.05, 4.69) is 101 Å². The molecule has 200 valence electrons. The highest BCUT2D eigenvalue weighted by Crippen LogP contribution is 2.49. The Balaban J connectivity index is 1.48. The van der Waals surface area contributed by atoms with Crippen LogP contribution in [0.5, 0.6) is 0 Å². The lowest BCUT2D eigenvalue weighted by Gasteiger charge is -2.42. The van der Waals surface area contributed by atoms with Crippen molar-refractivity contribution in [3.8, 4) is 11.3 Å². The summed E-state index contributed by atoms with van der Waals surface area (Å²) < 4.78 is 18.3. The molecule has 0 spiro atoms. The van der Waals surface area contributed by atoms with Crippen molar-refractivity contribution in [3.63, 3.8) is 0 Å². The maximum Gasteiger partial charge on any atom is 0.216 e. The monoisotopic (exact) mass is 517 g/mol. The summed E-state index contributed by atoms with van der Waals surface area (Å²) in [6.45, 7) is 11.8. The molecule has 0 unspecified atom stereocenters. The molecule has 0 amide bonds. The van der Waals surface area contributed by atoms with Gasteiger partial charge >= 0.3 is 0 Å². The molecule has 5 aromatic rings. The molecule has 7 rings (SSSR count). The Morgan fingerprint density at radius 2 is 1.62 bits per heavy atom. The van der Waals surface area contributed by atoms with Crippen LogP contribution in [0.2, 0.25) is 0 Å². The number of rotatable bonds is 2. The number of fused-ring (bicyclic) bond motifs is 6. The van der Waals surface area contributed by atoms with Gasteiger partial charge in [-0.2, -0.15) is 0 Å². The number of benzene rings is 3. The molecular formula is C37H42NO+. The minimum absolute atomic E-state index is 0.130. The number of furan rings is 1. The van der Waals surface area contributed by atoms with E-state index in [4.69, 9.17) is 4.42 Å². The quantitative estimate of drug-likeness (QED) is 0.213. The van der Waals surface area contributed by atoms with Crippen molar-refractivity contribution in [2.45, 2.75) is 96.3 Å². The molecule has 2 nitrogen and oxygen atoms in total. The lowest BCUT2D eigenvalue weighted by atomic mass is 9.62. The largest absolute Gasteiger partial charge is 0.455 e. The molecule has 2 heterocycles. The molecular weight excluding hydrogens is 474 g/mol. The number of pyridine rings is 1. The molecule has 2 heteroatoms. The third kappa shape index (κ3) is 3.85. The predicted octanol–water partition coefficient (Wildman–Crippen LogP) is 9.94. The highest BCUT2D eigenvalue weighted by molar-refractivity contribution is 6.14.